The Kier molecular flexibility index (Phi) is 11.2. The van der Waals surface area contributed by atoms with Gasteiger partial charge in [-0.05, 0) is 142 Å². The second-order valence-corrected chi connectivity index (χ2v) is 21.4. The largest absolute Gasteiger partial charge is 0.497 e. The van der Waals surface area contributed by atoms with E-state index in [2.05, 4.69) is 22.3 Å². The van der Waals surface area contributed by atoms with Gasteiger partial charge in [-0.2, -0.15) is 0 Å². The lowest BCUT2D eigenvalue weighted by Crippen LogP contribution is -2.59. The van der Waals surface area contributed by atoms with Gasteiger partial charge in [-0.25, -0.2) is 22.6 Å². The maximum absolute atomic E-state index is 15.1. The van der Waals surface area contributed by atoms with Crippen molar-refractivity contribution in [1.29, 1.82) is 0 Å². The molecule has 10 atom stereocenters. The number of benzene rings is 2. The second-order valence-electron chi connectivity index (χ2n) is 19.2. The van der Waals surface area contributed by atoms with Crippen LogP contribution in [0.2, 0.25) is 0 Å². The fourth-order valence-electron chi connectivity index (χ4n) is 10.0. The number of amides is 4. The summed E-state index contributed by atoms with van der Waals surface area (Å²) < 4.78 is 59.9. The Bertz CT molecular complexity index is 2450. The van der Waals surface area contributed by atoms with E-state index >= 15 is 4.79 Å². The molecule has 3 N–H and O–H groups in total. The number of carbonyl (C=O) groups excluding carboxylic acids is 4. The number of alkyl carbamates (subject to hydrolysis) is 1. The van der Waals surface area contributed by atoms with Crippen LogP contribution < -0.4 is 24.8 Å². The number of methoxy groups -OCH3 is 1. The van der Waals surface area contributed by atoms with E-state index in [0.29, 0.717) is 59.9 Å². The lowest BCUT2D eigenvalue weighted by Gasteiger charge is -2.33. The van der Waals surface area contributed by atoms with Crippen molar-refractivity contribution < 1.29 is 46.2 Å². The van der Waals surface area contributed by atoms with E-state index in [9.17, 15) is 27.2 Å². The third-order valence-electron chi connectivity index (χ3n) is 14.4. The number of hydrogen-bond acceptors (Lipinski definition) is 10. The van der Waals surface area contributed by atoms with Gasteiger partial charge in [0, 0.05) is 23.3 Å². The minimum Gasteiger partial charge on any atom is -0.497 e. The highest BCUT2D eigenvalue weighted by molar-refractivity contribution is 7.91. The minimum absolute atomic E-state index is 0.0148. The third-order valence-corrected chi connectivity index (χ3v) is 16.6. The molecule has 16 heteroatoms. The molecule has 63 heavy (non-hydrogen) atoms. The molecule has 4 aliphatic carbocycles. The number of fused-ring (bicyclic) bond motifs is 4. The van der Waals surface area contributed by atoms with E-state index < -0.39 is 74.0 Å². The summed E-state index contributed by atoms with van der Waals surface area (Å²) in [5.74, 6) is -1.11. The smallest absolute Gasteiger partial charge is 0.408 e. The van der Waals surface area contributed by atoms with Crippen molar-refractivity contribution in [2.75, 3.05) is 13.7 Å². The fraction of sp³-hybridized carbons (Fsp3) is 0.553. The number of nitrogens with one attached hydrogen (secondary N) is 3. The Morgan fingerprint density at radius 3 is 2.43 bits per heavy atom. The molecule has 1 aromatic heterocycles. The molecular weight excluding hydrogens is 830 g/mol. The quantitative estimate of drug-likeness (QED) is 0.210. The summed E-state index contributed by atoms with van der Waals surface area (Å²) in [4.78, 5) is 63.8. The van der Waals surface area contributed by atoms with Gasteiger partial charge in [-0.1, -0.05) is 26.0 Å². The van der Waals surface area contributed by atoms with E-state index in [-0.39, 0.29) is 43.2 Å². The first kappa shape index (κ1) is 43.0. The molecule has 0 bridgehead atoms. The van der Waals surface area contributed by atoms with Crippen molar-refractivity contribution in [3.63, 3.8) is 0 Å². The first-order valence-corrected chi connectivity index (χ1v) is 23.8. The number of allylic oxidation sites excluding steroid dienone is 1. The average Bonchev–Trinajstić information content (AvgIpc) is 4.21. The van der Waals surface area contributed by atoms with E-state index in [4.69, 9.17) is 19.2 Å². The minimum atomic E-state index is -4.03. The van der Waals surface area contributed by atoms with E-state index in [1.54, 1.807) is 38.3 Å². The molecule has 0 radical (unpaired) electrons. The predicted octanol–water partition coefficient (Wildman–Crippen LogP) is 6.18. The van der Waals surface area contributed by atoms with Gasteiger partial charge in [0.15, 0.2) is 0 Å². The number of hydrogen-bond donors (Lipinski definition) is 3. The molecule has 0 spiro atoms. The van der Waals surface area contributed by atoms with Gasteiger partial charge in [-0.3, -0.25) is 19.1 Å². The van der Waals surface area contributed by atoms with Gasteiger partial charge in [0.1, 0.15) is 41.4 Å². The number of pyridine rings is 1. The second kappa shape index (κ2) is 16.4. The summed E-state index contributed by atoms with van der Waals surface area (Å²) in [7, 11) is -2.48. The molecule has 1 saturated heterocycles. The standard InChI is InChI=1S/C47H56FN5O9S/c1-26-7-5-6-8-32-24-47(32,44(56)52-63(58,59)46(3)15-16-46)51-41(54)39-23-36(25-53(39)43(55)40(27(2)17-26)50-45(57)62-35-19-29-18-30(29)20-35)61-42-37-14-13-34(60-4)21-31(37)22-38(49-42)28-9-11-33(48)12-10-28/h6,8-14,21-22,26-27,29-30,32,35-36,39-40H,5,7,15-20,23-25H2,1-4H3,(H,50,57)(H,51,54)(H,52,56)/b8-6-/t26-,27-,29-,30+,32?,35?,36-,39+,40+,47-/m1/s1. The van der Waals surface area contributed by atoms with Gasteiger partial charge in [0.25, 0.3) is 5.91 Å². The van der Waals surface area contributed by atoms with Crippen LogP contribution in [-0.4, -0.2) is 90.3 Å². The van der Waals surface area contributed by atoms with Crippen LogP contribution in [0, 0.1) is 35.4 Å². The monoisotopic (exact) mass is 885 g/mol. The molecular formula is C47H56FN5O9S. The van der Waals surface area contributed by atoms with Crippen LogP contribution in [0.3, 0.4) is 0 Å². The number of halogens is 1. The van der Waals surface area contributed by atoms with Crippen LogP contribution in [0.5, 0.6) is 11.6 Å². The fourth-order valence-corrected chi connectivity index (χ4v) is 11.3. The molecule has 9 rings (SSSR count). The highest BCUT2D eigenvalue weighted by Gasteiger charge is 2.63. The molecule has 2 aromatic carbocycles. The van der Waals surface area contributed by atoms with Crippen molar-refractivity contribution in [2.24, 2.45) is 29.6 Å². The van der Waals surface area contributed by atoms with Gasteiger partial charge in [-0.15, -0.1) is 0 Å². The zero-order chi connectivity index (χ0) is 44.4. The Morgan fingerprint density at radius 1 is 0.968 bits per heavy atom. The summed E-state index contributed by atoms with van der Waals surface area (Å²) in [6, 6.07) is 10.9. The Labute approximate surface area is 367 Å². The Hall–Kier alpha value is -5.25. The molecule has 3 aromatic rings. The topological polar surface area (TPSA) is 182 Å². The highest BCUT2D eigenvalue weighted by atomic mass is 32.2. The summed E-state index contributed by atoms with van der Waals surface area (Å²) in [5, 5.41) is 7.19. The number of ether oxygens (including phenoxy) is 3. The van der Waals surface area contributed by atoms with Gasteiger partial charge in [0.2, 0.25) is 27.7 Å². The maximum atomic E-state index is 15.1. The maximum Gasteiger partial charge on any atom is 0.408 e. The van der Waals surface area contributed by atoms with Crippen LogP contribution in [0.4, 0.5) is 9.18 Å². The predicted molar refractivity (Wildman–Crippen MR) is 231 cm³/mol. The van der Waals surface area contributed by atoms with E-state index in [1.807, 2.05) is 31.2 Å². The van der Waals surface area contributed by atoms with Gasteiger partial charge in [0.05, 0.1) is 24.1 Å². The molecule has 2 aliphatic heterocycles. The van der Waals surface area contributed by atoms with Crippen LogP contribution in [0.25, 0.3) is 22.0 Å². The van der Waals surface area contributed by atoms with Crippen molar-refractivity contribution in [3.05, 3.63) is 66.5 Å². The van der Waals surface area contributed by atoms with Gasteiger partial charge < -0.3 is 29.7 Å². The number of carbonyl (C=O) groups is 4. The van der Waals surface area contributed by atoms with Crippen LogP contribution >= 0.6 is 0 Å². The number of nitrogens with zero attached hydrogens (tertiary/aromatic N) is 2. The first-order valence-electron chi connectivity index (χ1n) is 22.3. The molecule has 6 aliphatic rings. The van der Waals surface area contributed by atoms with Gasteiger partial charge >= 0.3 is 6.09 Å². The van der Waals surface area contributed by atoms with Crippen LogP contribution in [0.1, 0.15) is 85.0 Å². The Morgan fingerprint density at radius 2 is 1.71 bits per heavy atom. The van der Waals surface area contributed by atoms with Crippen molar-refractivity contribution in [2.45, 2.75) is 120 Å². The number of aromatic nitrogens is 1. The lowest BCUT2D eigenvalue weighted by atomic mass is 9.88. The van der Waals surface area contributed by atoms with Crippen molar-refractivity contribution in [3.8, 4) is 22.9 Å². The molecule has 5 fully saturated rings. The molecule has 4 saturated carbocycles. The average molecular weight is 886 g/mol. The molecule has 14 nitrogen and oxygen atoms in total. The number of sulfonamides is 1. The van der Waals surface area contributed by atoms with Crippen molar-refractivity contribution >= 4 is 44.6 Å². The van der Waals surface area contributed by atoms with Crippen LogP contribution in [0.15, 0.2) is 60.7 Å². The Balaban J connectivity index is 1.05. The summed E-state index contributed by atoms with van der Waals surface area (Å²) in [6.45, 7) is 5.52. The zero-order valence-electron chi connectivity index (χ0n) is 36.1. The summed E-state index contributed by atoms with van der Waals surface area (Å²) in [6.07, 6.45) is 7.91. The SMILES string of the molecule is COc1ccc2c(O[C@@H]3C[C@H]4C(=O)N[C@]5(C(=O)NS(=O)(=O)C6(C)CC6)CC5/C=C\CC[C@@H](C)C[C@@H](C)[C@H](NC(=O)OC5C[C@@H]6C[C@@H]6C5)C(=O)N4C3)nc(-c3ccc(F)cc3)cc2c1. The summed E-state index contributed by atoms with van der Waals surface area (Å²) >= 11 is 0. The van der Waals surface area contributed by atoms with Crippen LogP contribution in [-0.2, 0) is 29.1 Å². The highest BCUT2D eigenvalue weighted by Crippen LogP contribution is 2.52. The normalized spacial score (nSPS) is 32.7. The van der Waals surface area contributed by atoms with E-state index in [1.165, 1.54) is 17.0 Å². The molecule has 336 valence electrons. The van der Waals surface area contributed by atoms with Crippen molar-refractivity contribution in [1.82, 2.24) is 25.2 Å². The molecule has 2 unspecified atom stereocenters. The molecule has 3 heterocycles. The summed E-state index contributed by atoms with van der Waals surface area (Å²) in [5.41, 5.74) is -0.441. The number of rotatable bonds is 9. The first-order chi connectivity index (χ1) is 30.0. The third kappa shape index (κ3) is 8.71. The molecule has 4 amide bonds. The zero-order valence-corrected chi connectivity index (χ0v) is 36.9. The van der Waals surface area contributed by atoms with E-state index in [0.717, 1.165) is 31.1 Å². The lowest BCUT2D eigenvalue weighted by molar-refractivity contribution is -0.142.